The lowest BCUT2D eigenvalue weighted by Crippen LogP contribution is -2.50. The first-order valence-electron chi connectivity index (χ1n) is 11.1. The second-order valence-electron chi connectivity index (χ2n) is 8.19. The molecule has 0 bridgehead atoms. The van der Waals surface area contributed by atoms with Gasteiger partial charge in [0.2, 0.25) is 11.8 Å². The molecule has 0 spiro atoms. The standard InChI is InChI=1S/C23H33FN2O3/c24-20-9-4-5-10-21(20)29-18-6-11-22(27)25-14-16-26(17-15-25)23(28)13-12-19-7-2-1-3-8-19/h4-5,9-10,19H,1-3,6-8,11-18H2. The van der Waals surface area contributed by atoms with E-state index in [-0.39, 0.29) is 23.4 Å². The summed E-state index contributed by atoms with van der Waals surface area (Å²) in [5.74, 6) is 0.878. The Kier molecular flexibility index (Phi) is 8.32. The second-order valence-corrected chi connectivity index (χ2v) is 8.19. The average Bonchev–Trinajstić information content (AvgIpc) is 2.77. The zero-order valence-corrected chi connectivity index (χ0v) is 17.3. The molecular weight excluding hydrogens is 371 g/mol. The van der Waals surface area contributed by atoms with Crippen molar-refractivity contribution in [2.45, 2.75) is 57.8 Å². The van der Waals surface area contributed by atoms with Gasteiger partial charge in [0.1, 0.15) is 0 Å². The van der Waals surface area contributed by atoms with Crippen molar-refractivity contribution in [2.75, 3.05) is 32.8 Å². The fourth-order valence-electron chi connectivity index (χ4n) is 4.29. The van der Waals surface area contributed by atoms with E-state index in [9.17, 15) is 14.0 Å². The molecule has 2 aliphatic rings. The minimum atomic E-state index is -0.386. The van der Waals surface area contributed by atoms with Crippen LogP contribution in [-0.2, 0) is 9.59 Å². The van der Waals surface area contributed by atoms with E-state index in [1.807, 2.05) is 9.80 Å². The number of carbonyl (C=O) groups excluding carboxylic acids is 2. The Balaban J connectivity index is 1.29. The van der Waals surface area contributed by atoms with Gasteiger partial charge >= 0.3 is 0 Å². The average molecular weight is 405 g/mol. The molecule has 1 aliphatic carbocycles. The van der Waals surface area contributed by atoms with E-state index < -0.39 is 0 Å². The van der Waals surface area contributed by atoms with Crippen molar-refractivity contribution in [1.29, 1.82) is 0 Å². The van der Waals surface area contributed by atoms with E-state index in [1.54, 1.807) is 18.2 Å². The van der Waals surface area contributed by atoms with Gasteiger partial charge in [-0.3, -0.25) is 9.59 Å². The van der Waals surface area contributed by atoms with E-state index >= 15 is 0 Å². The highest BCUT2D eigenvalue weighted by Crippen LogP contribution is 2.27. The Hall–Kier alpha value is -2.11. The maximum atomic E-state index is 13.5. The molecule has 6 heteroatoms. The molecule has 1 aromatic carbocycles. The number of benzene rings is 1. The molecule has 29 heavy (non-hydrogen) atoms. The van der Waals surface area contributed by atoms with Crippen LogP contribution in [0.5, 0.6) is 5.75 Å². The third kappa shape index (κ3) is 6.72. The Morgan fingerprint density at radius 1 is 0.931 bits per heavy atom. The van der Waals surface area contributed by atoms with Crippen molar-refractivity contribution < 1.29 is 18.7 Å². The summed E-state index contributed by atoms with van der Waals surface area (Å²) in [6.07, 6.45) is 9.10. The lowest BCUT2D eigenvalue weighted by molar-refractivity contribution is -0.139. The molecule has 1 aliphatic heterocycles. The Labute approximate surface area is 173 Å². The van der Waals surface area contributed by atoms with Gasteiger partial charge in [-0.05, 0) is 30.9 Å². The van der Waals surface area contributed by atoms with Crippen molar-refractivity contribution in [2.24, 2.45) is 5.92 Å². The van der Waals surface area contributed by atoms with E-state index in [0.29, 0.717) is 52.0 Å². The molecule has 3 rings (SSSR count). The van der Waals surface area contributed by atoms with E-state index in [4.69, 9.17) is 4.74 Å². The van der Waals surface area contributed by atoms with Gasteiger partial charge in [0.15, 0.2) is 11.6 Å². The molecular formula is C23H33FN2O3. The zero-order chi connectivity index (χ0) is 20.5. The van der Waals surface area contributed by atoms with Crippen LogP contribution in [-0.4, -0.2) is 54.4 Å². The number of para-hydroxylation sites is 1. The highest BCUT2D eigenvalue weighted by Gasteiger charge is 2.24. The number of nitrogens with zero attached hydrogens (tertiary/aromatic N) is 2. The maximum absolute atomic E-state index is 13.5. The number of hydrogen-bond donors (Lipinski definition) is 0. The molecule has 0 atom stereocenters. The van der Waals surface area contributed by atoms with Gasteiger partial charge < -0.3 is 14.5 Å². The van der Waals surface area contributed by atoms with Crippen molar-refractivity contribution in [3.8, 4) is 5.75 Å². The fraction of sp³-hybridized carbons (Fsp3) is 0.652. The summed E-state index contributed by atoms with van der Waals surface area (Å²) in [6.45, 7) is 2.76. The minimum Gasteiger partial charge on any atom is -0.491 e. The lowest BCUT2D eigenvalue weighted by Gasteiger charge is -2.35. The SMILES string of the molecule is O=C(CCCOc1ccccc1F)N1CCN(C(=O)CCC2CCCCC2)CC1. The van der Waals surface area contributed by atoms with Crippen LogP contribution in [0.25, 0.3) is 0 Å². The normalized spacial score (nSPS) is 18.0. The quantitative estimate of drug-likeness (QED) is 0.615. The first-order valence-corrected chi connectivity index (χ1v) is 11.1. The van der Waals surface area contributed by atoms with Crippen LogP contribution >= 0.6 is 0 Å². The monoisotopic (exact) mass is 404 g/mol. The summed E-state index contributed by atoms with van der Waals surface area (Å²) in [4.78, 5) is 28.6. The fourth-order valence-corrected chi connectivity index (χ4v) is 4.29. The van der Waals surface area contributed by atoms with Crippen molar-refractivity contribution in [3.63, 3.8) is 0 Å². The van der Waals surface area contributed by atoms with Gasteiger partial charge in [-0.25, -0.2) is 4.39 Å². The number of hydrogen-bond acceptors (Lipinski definition) is 3. The molecule has 0 unspecified atom stereocenters. The van der Waals surface area contributed by atoms with Crippen LogP contribution in [0.2, 0.25) is 0 Å². The molecule has 2 fully saturated rings. The summed E-state index contributed by atoms with van der Waals surface area (Å²) in [5.41, 5.74) is 0. The van der Waals surface area contributed by atoms with Crippen LogP contribution in [0.4, 0.5) is 4.39 Å². The molecule has 160 valence electrons. The third-order valence-corrected chi connectivity index (χ3v) is 6.11. The molecule has 0 radical (unpaired) electrons. The van der Waals surface area contributed by atoms with Crippen LogP contribution in [0, 0.1) is 11.7 Å². The number of piperazine rings is 1. The summed E-state index contributed by atoms with van der Waals surface area (Å²) in [6, 6.07) is 6.28. The van der Waals surface area contributed by atoms with Crippen molar-refractivity contribution >= 4 is 11.8 Å². The van der Waals surface area contributed by atoms with E-state index in [0.717, 1.165) is 12.3 Å². The van der Waals surface area contributed by atoms with Crippen molar-refractivity contribution in [1.82, 2.24) is 9.80 Å². The van der Waals surface area contributed by atoms with Gasteiger partial charge in [0.05, 0.1) is 6.61 Å². The van der Waals surface area contributed by atoms with Crippen LogP contribution in [0.15, 0.2) is 24.3 Å². The van der Waals surface area contributed by atoms with Crippen molar-refractivity contribution in [3.05, 3.63) is 30.1 Å². The van der Waals surface area contributed by atoms with Crippen LogP contribution < -0.4 is 4.74 Å². The molecule has 1 heterocycles. The number of rotatable bonds is 8. The molecule has 0 aromatic heterocycles. The number of amides is 2. The predicted octanol–water partition coefficient (Wildman–Crippen LogP) is 4.02. The van der Waals surface area contributed by atoms with Crippen LogP contribution in [0.3, 0.4) is 0 Å². The minimum absolute atomic E-state index is 0.0800. The lowest BCUT2D eigenvalue weighted by atomic mass is 9.86. The first-order chi connectivity index (χ1) is 14.1. The molecule has 1 aromatic rings. The first kappa shape index (κ1) is 21.6. The number of halogens is 1. The predicted molar refractivity (Wildman–Crippen MR) is 110 cm³/mol. The van der Waals surface area contributed by atoms with Gasteiger partial charge in [-0.2, -0.15) is 0 Å². The third-order valence-electron chi connectivity index (χ3n) is 6.11. The highest BCUT2D eigenvalue weighted by atomic mass is 19.1. The molecule has 2 amide bonds. The van der Waals surface area contributed by atoms with Crippen LogP contribution in [0.1, 0.15) is 57.8 Å². The highest BCUT2D eigenvalue weighted by molar-refractivity contribution is 5.78. The van der Waals surface area contributed by atoms with E-state index in [1.165, 1.54) is 38.2 Å². The second kappa shape index (κ2) is 11.2. The smallest absolute Gasteiger partial charge is 0.222 e. The topological polar surface area (TPSA) is 49.9 Å². The van der Waals surface area contributed by atoms with Gasteiger partial charge in [0.25, 0.3) is 0 Å². The summed E-state index contributed by atoms with van der Waals surface area (Å²) < 4.78 is 18.9. The molecule has 5 nitrogen and oxygen atoms in total. The maximum Gasteiger partial charge on any atom is 0.222 e. The summed E-state index contributed by atoms with van der Waals surface area (Å²) in [7, 11) is 0. The Morgan fingerprint density at radius 2 is 1.55 bits per heavy atom. The van der Waals surface area contributed by atoms with Gasteiger partial charge in [-0.1, -0.05) is 44.2 Å². The van der Waals surface area contributed by atoms with Gasteiger partial charge in [0, 0.05) is 39.0 Å². The Bertz CT molecular complexity index is 668. The molecule has 1 saturated carbocycles. The van der Waals surface area contributed by atoms with E-state index in [2.05, 4.69) is 0 Å². The van der Waals surface area contributed by atoms with Gasteiger partial charge in [-0.15, -0.1) is 0 Å². The summed E-state index contributed by atoms with van der Waals surface area (Å²) in [5, 5.41) is 0. The molecule has 1 saturated heterocycles. The largest absolute Gasteiger partial charge is 0.491 e. The Morgan fingerprint density at radius 3 is 2.21 bits per heavy atom. The number of carbonyl (C=O) groups is 2. The summed E-state index contributed by atoms with van der Waals surface area (Å²) >= 11 is 0. The molecule has 0 N–H and O–H groups in total. The zero-order valence-electron chi connectivity index (χ0n) is 17.3. The number of ether oxygens (including phenoxy) is 1.